The molecule has 0 bridgehead atoms. The van der Waals surface area contributed by atoms with E-state index in [-0.39, 0.29) is 12.6 Å². The van der Waals surface area contributed by atoms with Crippen LogP contribution in [-0.2, 0) is 20.9 Å². The highest BCUT2D eigenvalue weighted by Crippen LogP contribution is 2.22. The van der Waals surface area contributed by atoms with Gasteiger partial charge < -0.3 is 19.3 Å². The molecule has 0 aromatic heterocycles. The first-order valence-electron chi connectivity index (χ1n) is 6.21. The molecule has 19 heavy (non-hydrogen) atoms. The van der Waals surface area contributed by atoms with Gasteiger partial charge in [-0.1, -0.05) is 12.1 Å². The van der Waals surface area contributed by atoms with Gasteiger partial charge in [0.05, 0.1) is 26.2 Å². The van der Waals surface area contributed by atoms with Crippen molar-refractivity contribution in [3.63, 3.8) is 0 Å². The van der Waals surface area contributed by atoms with Crippen molar-refractivity contribution in [3.8, 4) is 5.75 Å². The molecule has 1 aliphatic heterocycles. The molecular weight excluding hydrogens is 248 g/mol. The maximum absolute atomic E-state index is 11.2. The average molecular weight is 266 g/mol. The molecule has 0 radical (unpaired) electrons. The van der Waals surface area contributed by atoms with Gasteiger partial charge in [0.1, 0.15) is 11.9 Å². The Balaban J connectivity index is 1.78. The predicted octanol–water partition coefficient (Wildman–Crippen LogP) is 1.13. The molecule has 0 saturated carbocycles. The van der Waals surface area contributed by atoms with Crippen molar-refractivity contribution in [3.05, 3.63) is 29.8 Å². The molecule has 1 N–H and O–H groups in total. The van der Waals surface area contributed by atoms with E-state index >= 15 is 0 Å². The zero-order valence-electron chi connectivity index (χ0n) is 11.0. The fourth-order valence-corrected chi connectivity index (χ4v) is 1.93. The molecule has 1 aliphatic rings. The lowest BCUT2D eigenvalue weighted by atomic mass is 10.0. The number of ether oxygens (including phenoxy) is 3. The van der Waals surface area contributed by atoms with Crippen LogP contribution >= 0.6 is 0 Å². The normalized spacial score (nSPS) is 26.3. The van der Waals surface area contributed by atoms with E-state index in [1.54, 1.807) is 14.0 Å². The van der Waals surface area contributed by atoms with E-state index in [0.29, 0.717) is 6.61 Å². The van der Waals surface area contributed by atoms with Gasteiger partial charge in [-0.25, -0.2) is 0 Å². The molecule has 1 aromatic rings. The fraction of sp³-hybridized carbons (Fsp3) is 0.500. The summed E-state index contributed by atoms with van der Waals surface area (Å²) in [5.74, 6) is -0.0575. The summed E-state index contributed by atoms with van der Waals surface area (Å²) in [6, 6.07) is 7.51. The van der Waals surface area contributed by atoms with Crippen LogP contribution in [0.2, 0.25) is 0 Å². The van der Waals surface area contributed by atoms with Crippen LogP contribution in [0.3, 0.4) is 0 Å². The van der Waals surface area contributed by atoms with E-state index in [1.165, 1.54) is 0 Å². The minimum Gasteiger partial charge on any atom is -0.497 e. The van der Waals surface area contributed by atoms with Crippen LogP contribution in [0, 0.1) is 5.92 Å². The number of carbonyl (C=O) groups excluding carboxylic acids is 1. The second-order valence-corrected chi connectivity index (χ2v) is 4.62. The Kier molecular flexibility index (Phi) is 4.39. The van der Waals surface area contributed by atoms with Crippen molar-refractivity contribution in [1.29, 1.82) is 0 Å². The van der Waals surface area contributed by atoms with Gasteiger partial charge in [0.15, 0.2) is 6.10 Å². The number of carbonyl (C=O) groups is 1. The number of rotatable bonds is 5. The number of esters is 1. The van der Waals surface area contributed by atoms with Gasteiger partial charge in [0.25, 0.3) is 0 Å². The van der Waals surface area contributed by atoms with Crippen LogP contribution < -0.4 is 4.74 Å². The minimum atomic E-state index is -0.789. The molecule has 0 amide bonds. The fourth-order valence-electron chi connectivity index (χ4n) is 1.93. The van der Waals surface area contributed by atoms with Crippen molar-refractivity contribution >= 4 is 5.97 Å². The molecule has 104 valence electrons. The van der Waals surface area contributed by atoms with Crippen molar-refractivity contribution in [2.24, 2.45) is 5.92 Å². The molecular formula is C14H18O5. The molecule has 2 rings (SSSR count). The van der Waals surface area contributed by atoms with Crippen molar-refractivity contribution in [2.75, 3.05) is 13.7 Å². The summed E-state index contributed by atoms with van der Waals surface area (Å²) in [7, 11) is 1.61. The minimum absolute atomic E-state index is 0.198. The number of benzene rings is 1. The lowest BCUT2D eigenvalue weighted by Gasteiger charge is -2.14. The molecule has 1 saturated heterocycles. The van der Waals surface area contributed by atoms with Gasteiger partial charge in [-0.15, -0.1) is 0 Å². The molecule has 0 unspecified atom stereocenters. The number of hydrogen-bond acceptors (Lipinski definition) is 5. The van der Waals surface area contributed by atoms with Crippen molar-refractivity contribution in [2.45, 2.75) is 25.7 Å². The Bertz CT molecular complexity index is 428. The Hall–Kier alpha value is -1.59. The Morgan fingerprint density at radius 3 is 2.53 bits per heavy atom. The smallest absolute Gasteiger partial charge is 0.311 e. The van der Waals surface area contributed by atoms with Crippen molar-refractivity contribution < 1.29 is 24.1 Å². The topological polar surface area (TPSA) is 65.0 Å². The first-order chi connectivity index (χ1) is 9.11. The Morgan fingerprint density at radius 1 is 1.32 bits per heavy atom. The van der Waals surface area contributed by atoms with Gasteiger partial charge >= 0.3 is 5.97 Å². The number of cyclic esters (lactones) is 1. The van der Waals surface area contributed by atoms with E-state index in [4.69, 9.17) is 14.2 Å². The molecule has 3 atom stereocenters. The number of aliphatic hydroxyl groups is 1. The van der Waals surface area contributed by atoms with Crippen LogP contribution in [-0.4, -0.2) is 37.0 Å². The highest BCUT2D eigenvalue weighted by molar-refractivity contribution is 5.75. The van der Waals surface area contributed by atoms with E-state index in [0.717, 1.165) is 11.3 Å². The van der Waals surface area contributed by atoms with Gasteiger partial charge in [-0.3, -0.25) is 4.79 Å². The number of methoxy groups -OCH3 is 1. The van der Waals surface area contributed by atoms with Crippen molar-refractivity contribution in [1.82, 2.24) is 0 Å². The van der Waals surface area contributed by atoms with Gasteiger partial charge in [0, 0.05) is 0 Å². The van der Waals surface area contributed by atoms with Gasteiger partial charge in [0.2, 0.25) is 0 Å². The average Bonchev–Trinajstić information content (AvgIpc) is 2.67. The van der Waals surface area contributed by atoms with E-state index in [9.17, 15) is 9.90 Å². The van der Waals surface area contributed by atoms with E-state index < -0.39 is 18.1 Å². The molecule has 5 nitrogen and oxygen atoms in total. The molecule has 1 heterocycles. The van der Waals surface area contributed by atoms with E-state index in [2.05, 4.69) is 0 Å². The standard InChI is InChI=1S/C14H18O5/c1-9-13(15)12(19-14(9)16)8-18-7-10-3-5-11(17-2)6-4-10/h3-6,9,12-13,15H,7-8H2,1-2H3/t9-,12+,13-/m1/s1. The summed E-state index contributed by atoms with van der Waals surface area (Å²) in [4.78, 5) is 11.2. The monoisotopic (exact) mass is 266 g/mol. The second-order valence-electron chi connectivity index (χ2n) is 4.62. The molecule has 0 spiro atoms. The van der Waals surface area contributed by atoms with Gasteiger partial charge in [-0.2, -0.15) is 0 Å². The Morgan fingerprint density at radius 2 is 2.00 bits per heavy atom. The van der Waals surface area contributed by atoms with Crippen LogP contribution in [0.5, 0.6) is 5.75 Å². The van der Waals surface area contributed by atoms with E-state index in [1.807, 2.05) is 24.3 Å². The lowest BCUT2D eigenvalue weighted by Crippen LogP contribution is -2.29. The second kappa shape index (κ2) is 6.04. The number of hydrogen-bond donors (Lipinski definition) is 1. The zero-order chi connectivity index (χ0) is 13.8. The van der Waals surface area contributed by atoms with Crippen LogP contribution in [0.4, 0.5) is 0 Å². The summed E-state index contributed by atoms with van der Waals surface area (Å²) in [5.41, 5.74) is 0.993. The van der Waals surface area contributed by atoms with Crippen LogP contribution in [0.1, 0.15) is 12.5 Å². The third-order valence-electron chi connectivity index (χ3n) is 3.24. The quantitative estimate of drug-likeness (QED) is 0.809. The highest BCUT2D eigenvalue weighted by Gasteiger charge is 2.40. The largest absolute Gasteiger partial charge is 0.497 e. The zero-order valence-corrected chi connectivity index (χ0v) is 11.0. The summed E-state index contributed by atoms with van der Waals surface area (Å²) in [6.45, 7) is 2.25. The first-order valence-corrected chi connectivity index (χ1v) is 6.21. The third kappa shape index (κ3) is 3.24. The third-order valence-corrected chi connectivity index (χ3v) is 3.24. The first kappa shape index (κ1) is 13.8. The molecule has 1 aromatic carbocycles. The molecule has 0 aliphatic carbocycles. The SMILES string of the molecule is COc1ccc(COC[C@@H]2OC(=O)[C@H](C)[C@H]2O)cc1. The van der Waals surface area contributed by atoms with Crippen LogP contribution in [0.15, 0.2) is 24.3 Å². The van der Waals surface area contributed by atoms with Gasteiger partial charge in [-0.05, 0) is 24.6 Å². The molecule has 1 fully saturated rings. The predicted molar refractivity (Wildman–Crippen MR) is 67.7 cm³/mol. The summed E-state index contributed by atoms with van der Waals surface area (Å²) >= 11 is 0. The summed E-state index contributed by atoms with van der Waals surface area (Å²) in [6.07, 6.45) is -1.36. The summed E-state index contributed by atoms with van der Waals surface area (Å²) < 4.78 is 15.6. The lowest BCUT2D eigenvalue weighted by molar-refractivity contribution is -0.146. The maximum Gasteiger partial charge on any atom is 0.311 e. The highest BCUT2D eigenvalue weighted by atomic mass is 16.6. The Labute approximate surface area is 112 Å². The maximum atomic E-state index is 11.2. The number of aliphatic hydroxyl groups excluding tert-OH is 1. The molecule has 5 heteroatoms. The van der Waals surface area contributed by atoms with Crippen LogP contribution in [0.25, 0.3) is 0 Å². The summed E-state index contributed by atoms with van der Waals surface area (Å²) in [5, 5.41) is 9.75.